The number of nitrogens with one attached hydrogen (secondary N) is 1. The van der Waals surface area contributed by atoms with Crippen molar-refractivity contribution in [2.75, 3.05) is 5.32 Å². The normalized spacial score (nSPS) is 10.9. The largest absolute Gasteiger partial charge is 0.486 e. The molecule has 9 heteroatoms. The lowest BCUT2D eigenvalue weighted by Gasteiger charge is -2.10. The minimum atomic E-state index is -0.246. The molecule has 0 bridgehead atoms. The number of benzene rings is 1. The van der Waals surface area contributed by atoms with Crippen molar-refractivity contribution in [2.45, 2.75) is 40.0 Å². The van der Waals surface area contributed by atoms with Crippen molar-refractivity contribution in [1.29, 1.82) is 0 Å². The van der Waals surface area contributed by atoms with Crippen molar-refractivity contribution in [3.05, 3.63) is 47.9 Å². The summed E-state index contributed by atoms with van der Waals surface area (Å²) in [6, 6.07) is 8.84. The van der Waals surface area contributed by atoms with Crippen LogP contribution in [0.5, 0.6) is 5.75 Å². The number of ether oxygens (including phenoxy) is 1. The van der Waals surface area contributed by atoms with Gasteiger partial charge in [0, 0.05) is 24.4 Å². The molecule has 2 heterocycles. The second-order valence-corrected chi connectivity index (χ2v) is 5.96. The molecular formula is C17H21N7O2. The van der Waals surface area contributed by atoms with Gasteiger partial charge in [0.15, 0.2) is 11.6 Å². The molecule has 3 aromatic rings. The first-order valence-corrected chi connectivity index (χ1v) is 8.41. The van der Waals surface area contributed by atoms with E-state index in [9.17, 15) is 4.79 Å². The van der Waals surface area contributed by atoms with Crippen LogP contribution in [0.1, 0.15) is 43.0 Å². The quantitative estimate of drug-likeness (QED) is 0.698. The van der Waals surface area contributed by atoms with Gasteiger partial charge in [-0.2, -0.15) is 5.10 Å². The molecule has 3 rings (SSSR count). The van der Waals surface area contributed by atoms with Gasteiger partial charge >= 0.3 is 0 Å². The Morgan fingerprint density at radius 2 is 2.15 bits per heavy atom. The fourth-order valence-corrected chi connectivity index (χ4v) is 2.38. The summed E-state index contributed by atoms with van der Waals surface area (Å²) in [6.45, 7) is 6.93. The number of rotatable bonds is 7. The van der Waals surface area contributed by atoms with E-state index in [0.717, 1.165) is 6.54 Å². The molecule has 0 aliphatic carbocycles. The topological polar surface area (TPSA) is 99.8 Å². The number of amides is 1. The number of hydrogen-bond acceptors (Lipinski definition) is 6. The molecule has 1 N–H and O–H groups in total. The highest BCUT2D eigenvalue weighted by Gasteiger charge is 2.12. The number of tetrazole rings is 1. The molecule has 0 radical (unpaired) electrons. The molecule has 136 valence electrons. The highest BCUT2D eigenvalue weighted by atomic mass is 16.5. The number of carbonyl (C=O) groups is 1. The van der Waals surface area contributed by atoms with Gasteiger partial charge in [-0.05, 0) is 49.4 Å². The van der Waals surface area contributed by atoms with E-state index in [1.807, 2.05) is 27.0 Å². The van der Waals surface area contributed by atoms with Crippen molar-refractivity contribution in [2.24, 2.45) is 0 Å². The summed E-state index contributed by atoms with van der Waals surface area (Å²) in [5.74, 6) is 1.46. The molecule has 2 aromatic heterocycles. The molecular weight excluding hydrogens is 334 g/mol. The minimum Gasteiger partial charge on any atom is -0.486 e. The van der Waals surface area contributed by atoms with Crippen molar-refractivity contribution in [3.63, 3.8) is 0 Å². The molecule has 0 aliphatic heterocycles. The molecule has 0 fully saturated rings. The van der Waals surface area contributed by atoms with E-state index in [1.165, 1.54) is 0 Å². The Hall–Kier alpha value is -3.23. The first kappa shape index (κ1) is 17.6. The highest BCUT2D eigenvalue weighted by molar-refractivity contribution is 6.03. The standard InChI is InChI=1S/C17H21N7O2/c1-4-23-9-8-15(20-23)18-17(25)13-6-5-7-14(10-13)26-11-16-19-21-22-24(16)12(2)3/h5-10,12H,4,11H2,1-3H3,(H,18,20,25). The average molecular weight is 355 g/mol. The number of aryl methyl sites for hydroxylation is 1. The Kier molecular flexibility index (Phi) is 5.26. The summed E-state index contributed by atoms with van der Waals surface area (Å²) in [4.78, 5) is 12.4. The van der Waals surface area contributed by atoms with Crippen LogP contribution in [-0.2, 0) is 13.2 Å². The highest BCUT2D eigenvalue weighted by Crippen LogP contribution is 2.16. The van der Waals surface area contributed by atoms with Gasteiger partial charge in [-0.25, -0.2) is 4.68 Å². The van der Waals surface area contributed by atoms with E-state index >= 15 is 0 Å². The fraction of sp³-hybridized carbons (Fsp3) is 0.353. The molecule has 0 aliphatic rings. The van der Waals surface area contributed by atoms with Crippen LogP contribution < -0.4 is 10.1 Å². The van der Waals surface area contributed by atoms with E-state index in [0.29, 0.717) is 23.0 Å². The van der Waals surface area contributed by atoms with Gasteiger partial charge in [0.2, 0.25) is 0 Å². The van der Waals surface area contributed by atoms with Gasteiger partial charge in [0.25, 0.3) is 5.91 Å². The molecule has 0 spiro atoms. The molecule has 9 nitrogen and oxygen atoms in total. The van der Waals surface area contributed by atoms with Crippen LogP contribution in [0, 0.1) is 0 Å². The maximum atomic E-state index is 12.4. The summed E-state index contributed by atoms with van der Waals surface area (Å²) in [5, 5.41) is 18.6. The number of hydrogen-bond donors (Lipinski definition) is 1. The Morgan fingerprint density at radius 3 is 2.88 bits per heavy atom. The lowest BCUT2D eigenvalue weighted by molar-refractivity contribution is 0.102. The van der Waals surface area contributed by atoms with E-state index in [1.54, 1.807) is 39.7 Å². The van der Waals surface area contributed by atoms with Crippen molar-refractivity contribution >= 4 is 11.7 Å². The summed E-state index contributed by atoms with van der Waals surface area (Å²) >= 11 is 0. The van der Waals surface area contributed by atoms with Gasteiger partial charge in [-0.15, -0.1) is 5.10 Å². The number of carbonyl (C=O) groups excluding carboxylic acids is 1. The van der Waals surface area contributed by atoms with Crippen molar-refractivity contribution in [3.8, 4) is 5.75 Å². The Balaban J connectivity index is 1.65. The average Bonchev–Trinajstić information content (AvgIpc) is 3.29. The summed E-state index contributed by atoms with van der Waals surface area (Å²) in [5.41, 5.74) is 0.483. The molecule has 1 amide bonds. The third-order valence-corrected chi connectivity index (χ3v) is 3.72. The van der Waals surface area contributed by atoms with E-state index in [2.05, 4.69) is 25.9 Å². The Labute approximate surface area is 151 Å². The van der Waals surface area contributed by atoms with E-state index < -0.39 is 0 Å². The maximum absolute atomic E-state index is 12.4. The van der Waals surface area contributed by atoms with Crippen molar-refractivity contribution < 1.29 is 9.53 Å². The summed E-state index contributed by atoms with van der Waals surface area (Å²) in [6.07, 6.45) is 1.81. The zero-order chi connectivity index (χ0) is 18.5. The Bertz CT molecular complexity index is 885. The molecule has 0 saturated heterocycles. The predicted octanol–water partition coefficient (Wildman–Crippen LogP) is 2.30. The van der Waals surface area contributed by atoms with Gasteiger partial charge < -0.3 is 10.1 Å². The smallest absolute Gasteiger partial charge is 0.256 e. The fourth-order valence-electron chi connectivity index (χ4n) is 2.38. The molecule has 0 atom stereocenters. The van der Waals surface area contributed by atoms with Crippen LogP contribution in [0.3, 0.4) is 0 Å². The van der Waals surface area contributed by atoms with Crippen LogP contribution in [0.4, 0.5) is 5.82 Å². The van der Waals surface area contributed by atoms with Gasteiger partial charge in [0.1, 0.15) is 12.4 Å². The lowest BCUT2D eigenvalue weighted by atomic mass is 10.2. The van der Waals surface area contributed by atoms with Gasteiger partial charge in [-0.3, -0.25) is 9.48 Å². The Morgan fingerprint density at radius 1 is 1.31 bits per heavy atom. The number of nitrogens with zero attached hydrogens (tertiary/aromatic N) is 6. The van der Waals surface area contributed by atoms with Crippen molar-refractivity contribution in [1.82, 2.24) is 30.0 Å². The molecule has 0 saturated carbocycles. The van der Waals surface area contributed by atoms with E-state index in [-0.39, 0.29) is 18.6 Å². The van der Waals surface area contributed by atoms with Gasteiger partial charge in [0.05, 0.1) is 6.04 Å². The first-order valence-electron chi connectivity index (χ1n) is 8.41. The zero-order valence-electron chi connectivity index (χ0n) is 15.0. The van der Waals surface area contributed by atoms with Crippen LogP contribution >= 0.6 is 0 Å². The maximum Gasteiger partial charge on any atom is 0.256 e. The second kappa shape index (κ2) is 7.77. The summed E-state index contributed by atoms with van der Waals surface area (Å²) < 4.78 is 9.18. The van der Waals surface area contributed by atoms with Crippen LogP contribution in [0.2, 0.25) is 0 Å². The third kappa shape index (κ3) is 4.05. The van der Waals surface area contributed by atoms with Crippen LogP contribution in [0.25, 0.3) is 0 Å². The summed E-state index contributed by atoms with van der Waals surface area (Å²) in [7, 11) is 0. The van der Waals surface area contributed by atoms with Gasteiger partial charge in [-0.1, -0.05) is 6.07 Å². The van der Waals surface area contributed by atoms with E-state index in [4.69, 9.17) is 4.74 Å². The lowest BCUT2D eigenvalue weighted by Crippen LogP contribution is -2.13. The first-order chi connectivity index (χ1) is 12.6. The third-order valence-electron chi connectivity index (χ3n) is 3.72. The molecule has 0 unspecified atom stereocenters. The molecule has 1 aromatic carbocycles. The number of anilines is 1. The molecule has 26 heavy (non-hydrogen) atoms. The minimum absolute atomic E-state index is 0.142. The van der Waals surface area contributed by atoms with Crippen LogP contribution in [0.15, 0.2) is 36.5 Å². The predicted molar refractivity (Wildman–Crippen MR) is 94.8 cm³/mol. The monoisotopic (exact) mass is 355 g/mol. The number of aromatic nitrogens is 6. The van der Waals surface area contributed by atoms with Crippen LogP contribution in [-0.4, -0.2) is 35.9 Å². The second-order valence-electron chi connectivity index (χ2n) is 5.96. The zero-order valence-corrected chi connectivity index (χ0v) is 15.0. The SMILES string of the molecule is CCn1ccc(NC(=O)c2cccc(OCc3nnnn3C(C)C)c2)n1.